The van der Waals surface area contributed by atoms with E-state index in [1.165, 1.54) is 0 Å². The van der Waals surface area contributed by atoms with E-state index >= 15 is 0 Å². The summed E-state index contributed by atoms with van der Waals surface area (Å²) in [5, 5.41) is 0. The Morgan fingerprint density at radius 2 is 0.897 bits per heavy atom. The smallest absolute Gasteiger partial charge is 0.334 e. The Bertz CT molecular complexity index is 1470. The van der Waals surface area contributed by atoms with Crippen LogP contribution in [-0.2, 0) is 19.1 Å². The summed E-state index contributed by atoms with van der Waals surface area (Å²) in [7, 11) is 0. The normalized spacial score (nSPS) is 10.4. The Morgan fingerprint density at radius 1 is 0.513 bits per heavy atom. The van der Waals surface area contributed by atoms with Crippen LogP contribution in [0.25, 0.3) is 22.3 Å². The van der Waals surface area contributed by atoms with Crippen molar-refractivity contribution in [3.05, 3.63) is 132 Å². The number of carbonyl (C=O) groups excluding carboxylic acids is 4. The lowest BCUT2D eigenvalue weighted by molar-refractivity contribution is -0.145. The van der Waals surface area contributed by atoms with Crippen LogP contribution in [-0.4, -0.2) is 36.7 Å². The fraction of sp³-hybridized carbons (Fsp3) is 0.0909. The van der Waals surface area contributed by atoms with Crippen molar-refractivity contribution in [2.24, 2.45) is 0 Å². The quantitative estimate of drug-likeness (QED) is 0.135. The predicted molar refractivity (Wildman–Crippen MR) is 148 cm³/mol. The second-order valence-corrected chi connectivity index (χ2v) is 8.75. The molecule has 0 aliphatic heterocycles. The molecule has 0 atom stereocenters. The molecule has 0 radical (unpaired) electrons. The zero-order valence-corrected chi connectivity index (χ0v) is 21.2. The molecule has 0 spiro atoms. The number of carbonyl (C=O) groups is 4. The van der Waals surface area contributed by atoms with Gasteiger partial charge in [0.2, 0.25) is 0 Å². The second-order valence-electron chi connectivity index (χ2n) is 8.75. The molecule has 4 rings (SSSR count). The minimum absolute atomic E-state index is 0.174. The molecular weight excluding hydrogens is 492 g/mol. The standard InChI is InChI=1S/C33H26O6/c1-23(33(37)39-22-31(35)29-18-14-27(15-19-29)25-10-6-3-7-11-25)20-32(36)38-21-30(34)28-16-12-26(13-17-28)24-8-4-2-5-9-24/h2-19H,1,20-22H2. The molecule has 0 heterocycles. The Hall–Kier alpha value is -5.10. The molecule has 0 unspecified atom stereocenters. The summed E-state index contributed by atoms with van der Waals surface area (Å²) in [5.74, 6) is -2.44. The molecule has 0 bridgehead atoms. The van der Waals surface area contributed by atoms with Crippen LogP contribution in [0, 0.1) is 0 Å². The highest BCUT2D eigenvalue weighted by molar-refractivity contribution is 6.01. The Labute approximate surface area is 226 Å². The SMILES string of the molecule is C=C(CC(=O)OCC(=O)c1ccc(-c2ccccc2)cc1)C(=O)OCC(=O)c1ccc(-c2ccccc2)cc1. The molecule has 0 saturated heterocycles. The topological polar surface area (TPSA) is 86.7 Å². The largest absolute Gasteiger partial charge is 0.457 e. The van der Waals surface area contributed by atoms with Crippen molar-refractivity contribution in [2.75, 3.05) is 13.2 Å². The van der Waals surface area contributed by atoms with Gasteiger partial charge < -0.3 is 9.47 Å². The first-order valence-corrected chi connectivity index (χ1v) is 12.3. The third kappa shape index (κ3) is 7.46. The van der Waals surface area contributed by atoms with Crippen molar-refractivity contribution in [1.29, 1.82) is 0 Å². The van der Waals surface area contributed by atoms with Crippen molar-refractivity contribution < 1.29 is 28.7 Å². The van der Waals surface area contributed by atoms with Gasteiger partial charge in [-0.05, 0) is 22.3 Å². The van der Waals surface area contributed by atoms with Crippen LogP contribution in [0.1, 0.15) is 27.1 Å². The van der Waals surface area contributed by atoms with Crippen molar-refractivity contribution >= 4 is 23.5 Å². The van der Waals surface area contributed by atoms with E-state index in [1.807, 2.05) is 84.9 Å². The molecular formula is C33H26O6. The van der Waals surface area contributed by atoms with Gasteiger partial charge in [-0.15, -0.1) is 0 Å². The molecule has 6 nitrogen and oxygen atoms in total. The number of benzene rings is 4. The van der Waals surface area contributed by atoms with Gasteiger partial charge in [0.05, 0.1) is 6.42 Å². The molecule has 0 fully saturated rings. The summed E-state index contributed by atoms with van der Waals surface area (Å²) in [6.45, 7) is 2.58. The highest BCUT2D eigenvalue weighted by Crippen LogP contribution is 2.20. The molecule has 0 saturated carbocycles. The van der Waals surface area contributed by atoms with Crippen LogP contribution < -0.4 is 0 Å². The van der Waals surface area contributed by atoms with E-state index in [-0.39, 0.29) is 17.1 Å². The number of ketones is 2. The van der Waals surface area contributed by atoms with E-state index in [0.29, 0.717) is 11.1 Å². The lowest BCUT2D eigenvalue weighted by Crippen LogP contribution is -2.19. The first kappa shape index (κ1) is 26.9. The Morgan fingerprint density at radius 3 is 1.33 bits per heavy atom. The van der Waals surface area contributed by atoms with E-state index in [2.05, 4.69) is 6.58 Å². The lowest BCUT2D eigenvalue weighted by Gasteiger charge is -2.08. The van der Waals surface area contributed by atoms with Crippen LogP contribution in [0.2, 0.25) is 0 Å². The first-order valence-electron chi connectivity index (χ1n) is 12.3. The summed E-state index contributed by atoms with van der Waals surface area (Å²) in [4.78, 5) is 49.2. The van der Waals surface area contributed by atoms with Crippen molar-refractivity contribution in [1.82, 2.24) is 0 Å². The van der Waals surface area contributed by atoms with Gasteiger partial charge in [-0.3, -0.25) is 14.4 Å². The van der Waals surface area contributed by atoms with Gasteiger partial charge >= 0.3 is 11.9 Å². The van der Waals surface area contributed by atoms with Gasteiger partial charge in [0.15, 0.2) is 24.8 Å². The van der Waals surface area contributed by atoms with Crippen molar-refractivity contribution in [3.8, 4) is 22.3 Å². The number of hydrogen-bond acceptors (Lipinski definition) is 6. The van der Waals surface area contributed by atoms with Gasteiger partial charge in [-0.1, -0.05) is 116 Å². The van der Waals surface area contributed by atoms with Gasteiger partial charge in [0.1, 0.15) is 0 Å². The first-order chi connectivity index (χ1) is 18.9. The number of Topliss-reactive ketones (excluding diaryl/α,β-unsaturated/α-hetero) is 2. The fourth-order valence-corrected chi connectivity index (χ4v) is 3.80. The third-order valence-electron chi connectivity index (χ3n) is 5.97. The number of esters is 2. The summed E-state index contributed by atoms with van der Waals surface area (Å²) < 4.78 is 10.0. The highest BCUT2D eigenvalue weighted by Gasteiger charge is 2.18. The number of rotatable bonds is 11. The molecule has 0 aliphatic carbocycles. The predicted octanol–water partition coefficient (Wildman–Crippen LogP) is 6.12. The van der Waals surface area contributed by atoms with Crippen LogP contribution in [0.3, 0.4) is 0 Å². The fourth-order valence-electron chi connectivity index (χ4n) is 3.80. The third-order valence-corrected chi connectivity index (χ3v) is 5.97. The van der Waals surface area contributed by atoms with Gasteiger partial charge in [-0.2, -0.15) is 0 Å². The summed E-state index contributed by atoms with van der Waals surface area (Å²) in [5.41, 5.74) is 4.58. The Kier molecular flexibility index (Phi) is 8.93. The number of hydrogen-bond donors (Lipinski definition) is 0. The maximum Gasteiger partial charge on any atom is 0.334 e. The van der Waals surface area contributed by atoms with Gasteiger partial charge in [0.25, 0.3) is 0 Å². The van der Waals surface area contributed by atoms with Crippen molar-refractivity contribution in [3.63, 3.8) is 0 Å². The van der Waals surface area contributed by atoms with Crippen molar-refractivity contribution in [2.45, 2.75) is 6.42 Å². The highest BCUT2D eigenvalue weighted by atomic mass is 16.5. The van der Waals surface area contributed by atoms with Crippen LogP contribution in [0.4, 0.5) is 0 Å². The zero-order chi connectivity index (χ0) is 27.6. The lowest BCUT2D eigenvalue weighted by atomic mass is 10.0. The van der Waals surface area contributed by atoms with E-state index in [1.54, 1.807) is 24.3 Å². The second kappa shape index (κ2) is 12.9. The summed E-state index contributed by atoms with van der Waals surface area (Å²) >= 11 is 0. The van der Waals surface area contributed by atoms with E-state index < -0.39 is 31.6 Å². The average Bonchev–Trinajstić information content (AvgIpc) is 2.99. The molecule has 194 valence electrons. The summed E-state index contributed by atoms with van der Waals surface area (Å²) in [6.07, 6.45) is -0.459. The molecule has 0 amide bonds. The molecule has 39 heavy (non-hydrogen) atoms. The summed E-state index contributed by atoms with van der Waals surface area (Å²) in [6, 6.07) is 33.4. The molecule has 0 N–H and O–H groups in total. The van der Waals surface area contributed by atoms with E-state index in [4.69, 9.17) is 9.47 Å². The van der Waals surface area contributed by atoms with Crippen LogP contribution >= 0.6 is 0 Å². The van der Waals surface area contributed by atoms with Crippen LogP contribution in [0.15, 0.2) is 121 Å². The van der Waals surface area contributed by atoms with Gasteiger partial charge in [0, 0.05) is 16.7 Å². The molecule has 4 aromatic carbocycles. The maximum atomic E-state index is 12.4. The maximum absolute atomic E-state index is 12.4. The molecule has 0 aliphatic rings. The van der Waals surface area contributed by atoms with Crippen LogP contribution in [0.5, 0.6) is 0 Å². The number of ether oxygens (including phenoxy) is 2. The minimum Gasteiger partial charge on any atom is -0.457 e. The Balaban J connectivity index is 1.20. The van der Waals surface area contributed by atoms with Gasteiger partial charge in [-0.25, -0.2) is 4.79 Å². The van der Waals surface area contributed by atoms with E-state index in [0.717, 1.165) is 22.3 Å². The minimum atomic E-state index is -0.885. The zero-order valence-electron chi connectivity index (χ0n) is 21.2. The average molecular weight is 519 g/mol. The van der Waals surface area contributed by atoms with E-state index in [9.17, 15) is 19.2 Å². The molecule has 6 heteroatoms. The monoisotopic (exact) mass is 518 g/mol. The molecule has 0 aromatic heterocycles. The molecule has 4 aromatic rings.